The van der Waals surface area contributed by atoms with E-state index in [1.54, 1.807) is 6.92 Å². The number of hydrogen-bond donors (Lipinski definition) is 2. The first-order valence-corrected chi connectivity index (χ1v) is 5.86. The Morgan fingerprint density at radius 3 is 2.35 bits per heavy atom. The van der Waals surface area contributed by atoms with Crippen molar-refractivity contribution in [1.82, 2.24) is 0 Å². The molecular formula is C13H24O4. The van der Waals surface area contributed by atoms with E-state index in [0.717, 1.165) is 6.08 Å². The van der Waals surface area contributed by atoms with Gasteiger partial charge in [-0.3, -0.25) is 0 Å². The van der Waals surface area contributed by atoms with Crippen molar-refractivity contribution in [2.45, 2.75) is 46.3 Å². The van der Waals surface area contributed by atoms with E-state index < -0.39 is 23.6 Å². The molecule has 17 heavy (non-hydrogen) atoms. The highest BCUT2D eigenvalue weighted by Crippen LogP contribution is 2.27. The van der Waals surface area contributed by atoms with E-state index in [4.69, 9.17) is 4.74 Å². The predicted octanol–water partition coefficient (Wildman–Crippen LogP) is 1.51. The van der Waals surface area contributed by atoms with Crippen LogP contribution >= 0.6 is 0 Å². The average Bonchev–Trinajstić information content (AvgIpc) is 2.25. The molecule has 0 fully saturated rings. The van der Waals surface area contributed by atoms with Gasteiger partial charge in [-0.2, -0.15) is 0 Å². The van der Waals surface area contributed by atoms with Crippen molar-refractivity contribution in [2.75, 3.05) is 6.61 Å². The van der Waals surface area contributed by atoms with Gasteiger partial charge in [0.05, 0.1) is 18.8 Å². The van der Waals surface area contributed by atoms with E-state index in [2.05, 4.69) is 6.58 Å². The van der Waals surface area contributed by atoms with Gasteiger partial charge in [0.15, 0.2) is 0 Å². The summed E-state index contributed by atoms with van der Waals surface area (Å²) >= 11 is 0. The number of aliphatic hydroxyl groups excluding tert-OH is 2. The smallest absolute Gasteiger partial charge is 0.330 e. The van der Waals surface area contributed by atoms with Gasteiger partial charge in [-0.05, 0) is 19.3 Å². The molecule has 100 valence electrons. The summed E-state index contributed by atoms with van der Waals surface area (Å²) in [5.41, 5.74) is -0.540. The Kier molecular flexibility index (Phi) is 6.42. The zero-order chi connectivity index (χ0) is 13.6. The molecule has 0 heterocycles. The van der Waals surface area contributed by atoms with Crippen LogP contribution in [0.3, 0.4) is 0 Å². The number of carbonyl (C=O) groups is 1. The standard InChI is InChI=1S/C13H24O4/c1-6-12(16)17-8-13(4,5)11(15)7-9(2)10(3)14/h6,9-11,14-15H,1,7-8H2,2-5H3. The molecule has 0 aliphatic rings. The third-order valence-electron chi connectivity index (χ3n) is 3.07. The summed E-state index contributed by atoms with van der Waals surface area (Å²) in [4.78, 5) is 10.9. The van der Waals surface area contributed by atoms with Gasteiger partial charge in [-0.1, -0.05) is 27.4 Å². The van der Waals surface area contributed by atoms with Crippen LogP contribution in [-0.2, 0) is 9.53 Å². The molecule has 0 aliphatic heterocycles. The Balaban J connectivity index is 4.28. The van der Waals surface area contributed by atoms with E-state index in [1.807, 2.05) is 20.8 Å². The first-order valence-electron chi connectivity index (χ1n) is 5.86. The van der Waals surface area contributed by atoms with Gasteiger partial charge >= 0.3 is 5.97 Å². The zero-order valence-electron chi connectivity index (χ0n) is 11.1. The summed E-state index contributed by atoms with van der Waals surface area (Å²) in [6.45, 7) is 10.7. The first-order chi connectivity index (χ1) is 7.70. The third kappa shape index (κ3) is 5.84. The lowest BCUT2D eigenvalue weighted by Crippen LogP contribution is -2.37. The minimum Gasteiger partial charge on any atom is -0.462 e. The molecule has 3 unspecified atom stereocenters. The van der Waals surface area contributed by atoms with Crippen molar-refractivity contribution < 1.29 is 19.7 Å². The lowest BCUT2D eigenvalue weighted by atomic mass is 9.82. The Morgan fingerprint density at radius 2 is 1.94 bits per heavy atom. The lowest BCUT2D eigenvalue weighted by Gasteiger charge is -2.32. The normalized spacial score (nSPS) is 17.1. The van der Waals surface area contributed by atoms with Crippen molar-refractivity contribution in [3.05, 3.63) is 12.7 Å². The third-order valence-corrected chi connectivity index (χ3v) is 3.07. The summed E-state index contributed by atoms with van der Waals surface area (Å²) in [5.74, 6) is -0.492. The van der Waals surface area contributed by atoms with E-state index in [1.165, 1.54) is 0 Å². The minimum atomic E-state index is -0.635. The second-order valence-corrected chi connectivity index (χ2v) is 5.27. The monoisotopic (exact) mass is 244 g/mol. The molecule has 0 aliphatic carbocycles. The second kappa shape index (κ2) is 6.77. The Bertz CT molecular complexity index is 258. The van der Waals surface area contributed by atoms with E-state index in [-0.39, 0.29) is 12.5 Å². The van der Waals surface area contributed by atoms with Crippen molar-refractivity contribution in [3.63, 3.8) is 0 Å². The summed E-state index contributed by atoms with van der Waals surface area (Å²) in [6.07, 6.45) is 0.470. The van der Waals surface area contributed by atoms with Gasteiger partial charge in [-0.15, -0.1) is 0 Å². The van der Waals surface area contributed by atoms with Crippen molar-refractivity contribution in [2.24, 2.45) is 11.3 Å². The largest absolute Gasteiger partial charge is 0.462 e. The number of aliphatic hydroxyl groups is 2. The first kappa shape index (κ1) is 16.1. The summed E-state index contributed by atoms with van der Waals surface area (Å²) in [7, 11) is 0. The molecule has 0 aromatic carbocycles. The van der Waals surface area contributed by atoms with E-state index in [9.17, 15) is 15.0 Å². The fourth-order valence-electron chi connectivity index (χ4n) is 1.28. The molecule has 2 N–H and O–H groups in total. The fraction of sp³-hybridized carbons (Fsp3) is 0.769. The molecule has 0 bridgehead atoms. The molecule has 0 spiro atoms. The number of ether oxygens (including phenoxy) is 1. The van der Waals surface area contributed by atoms with Crippen LogP contribution in [0.25, 0.3) is 0 Å². The quantitative estimate of drug-likeness (QED) is 0.526. The molecule has 0 aromatic heterocycles. The van der Waals surface area contributed by atoms with Crippen LogP contribution in [0.2, 0.25) is 0 Å². The molecule has 4 nitrogen and oxygen atoms in total. The van der Waals surface area contributed by atoms with Crippen LogP contribution in [0.4, 0.5) is 0 Å². The van der Waals surface area contributed by atoms with Crippen LogP contribution < -0.4 is 0 Å². The molecular weight excluding hydrogens is 220 g/mol. The van der Waals surface area contributed by atoms with E-state index >= 15 is 0 Å². The topological polar surface area (TPSA) is 66.8 Å². The summed E-state index contributed by atoms with van der Waals surface area (Å²) in [6, 6.07) is 0. The van der Waals surface area contributed by atoms with Gasteiger partial charge in [0.1, 0.15) is 0 Å². The number of carbonyl (C=O) groups excluding carboxylic acids is 1. The van der Waals surface area contributed by atoms with Crippen molar-refractivity contribution >= 4 is 5.97 Å². The van der Waals surface area contributed by atoms with Crippen LogP contribution in [0.15, 0.2) is 12.7 Å². The van der Waals surface area contributed by atoms with Gasteiger partial charge < -0.3 is 14.9 Å². The average molecular weight is 244 g/mol. The maximum atomic E-state index is 10.9. The maximum Gasteiger partial charge on any atom is 0.330 e. The Labute approximate surface area is 103 Å². The molecule has 0 saturated heterocycles. The molecule has 4 heteroatoms. The molecule has 0 amide bonds. The molecule has 3 atom stereocenters. The SMILES string of the molecule is C=CC(=O)OCC(C)(C)C(O)CC(C)C(C)O. The van der Waals surface area contributed by atoms with Crippen LogP contribution in [0.1, 0.15) is 34.1 Å². The second-order valence-electron chi connectivity index (χ2n) is 5.27. The summed E-state index contributed by atoms with van der Waals surface area (Å²) < 4.78 is 4.94. The Morgan fingerprint density at radius 1 is 1.41 bits per heavy atom. The van der Waals surface area contributed by atoms with Crippen molar-refractivity contribution in [1.29, 1.82) is 0 Å². The van der Waals surface area contributed by atoms with Crippen LogP contribution in [-0.4, -0.2) is 35.0 Å². The highest BCUT2D eigenvalue weighted by atomic mass is 16.5. The molecule has 0 aromatic rings. The number of rotatable bonds is 7. The Hall–Kier alpha value is -0.870. The van der Waals surface area contributed by atoms with Gasteiger partial charge in [0.25, 0.3) is 0 Å². The molecule has 0 rings (SSSR count). The lowest BCUT2D eigenvalue weighted by molar-refractivity contribution is -0.143. The zero-order valence-corrected chi connectivity index (χ0v) is 11.1. The van der Waals surface area contributed by atoms with Crippen LogP contribution in [0.5, 0.6) is 0 Å². The van der Waals surface area contributed by atoms with E-state index in [0.29, 0.717) is 6.42 Å². The molecule has 0 saturated carbocycles. The molecule has 0 radical (unpaired) electrons. The summed E-state index contributed by atoms with van der Waals surface area (Å²) in [5, 5.41) is 19.4. The number of esters is 1. The maximum absolute atomic E-state index is 10.9. The highest BCUT2D eigenvalue weighted by Gasteiger charge is 2.31. The number of hydrogen-bond acceptors (Lipinski definition) is 4. The van der Waals surface area contributed by atoms with Crippen LogP contribution in [0, 0.1) is 11.3 Å². The van der Waals surface area contributed by atoms with Gasteiger partial charge in [0.2, 0.25) is 0 Å². The highest BCUT2D eigenvalue weighted by molar-refractivity contribution is 5.81. The fourth-order valence-corrected chi connectivity index (χ4v) is 1.28. The van der Waals surface area contributed by atoms with Crippen molar-refractivity contribution in [3.8, 4) is 0 Å². The van der Waals surface area contributed by atoms with Gasteiger partial charge in [0, 0.05) is 11.5 Å². The van der Waals surface area contributed by atoms with Gasteiger partial charge in [-0.25, -0.2) is 4.79 Å². The minimum absolute atomic E-state index is 0.000573. The predicted molar refractivity (Wildman–Crippen MR) is 66.4 cm³/mol.